The Morgan fingerprint density at radius 1 is 1.25 bits per heavy atom. The zero-order valence-electron chi connectivity index (χ0n) is 13.9. The van der Waals surface area contributed by atoms with Crippen molar-refractivity contribution >= 4 is 34.1 Å². The van der Waals surface area contributed by atoms with Crippen LogP contribution in [0.3, 0.4) is 0 Å². The molecule has 1 aromatic carbocycles. The van der Waals surface area contributed by atoms with Gasteiger partial charge in [-0.25, -0.2) is 0 Å². The highest BCUT2D eigenvalue weighted by Gasteiger charge is 2.40. The van der Waals surface area contributed by atoms with Crippen molar-refractivity contribution in [1.82, 2.24) is 4.98 Å². The number of pyridine rings is 1. The summed E-state index contributed by atoms with van der Waals surface area (Å²) in [7, 11) is 0. The fourth-order valence-corrected chi connectivity index (χ4v) is 5.06. The van der Waals surface area contributed by atoms with Gasteiger partial charge < -0.3 is 5.32 Å². The lowest BCUT2D eigenvalue weighted by Crippen LogP contribution is -2.36. The Labute approximate surface area is 147 Å². The molecule has 0 radical (unpaired) electrons. The van der Waals surface area contributed by atoms with Crippen LogP contribution in [0.4, 0.5) is 5.69 Å². The molecule has 0 unspecified atom stereocenters. The number of fused-ring (bicyclic) bond motifs is 3. The molecule has 2 aliphatic rings. The molecule has 126 valence electrons. The Morgan fingerprint density at radius 2 is 2.04 bits per heavy atom. The van der Waals surface area contributed by atoms with Crippen molar-refractivity contribution in [2.75, 3.05) is 5.32 Å². The van der Waals surface area contributed by atoms with Crippen LogP contribution in [0.15, 0.2) is 30.5 Å². The number of amides is 1. The average molecular weight is 343 g/mol. The van der Waals surface area contributed by atoms with Gasteiger partial charge in [-0.2, -0.15) is 0 Å². The second-order valence-electron chi connectivity index (χ2n) is 7.57. The maximum absolute atomic E-state index is 12.8. The summed E-state index contributed by atoms with van der Waals surface area (Å²) in [6.45, 7) is 0. The number of anilines is 1. The van der Waals surface area contributed by atoms with Crippen LogP contribution >= 0.6 is 11.6 Å². The Morgan fingerprint density at radius 3 is 2.83 bits per heavy atom. The van der Waals surface area contributed by atoms with E-state index in [9.17, 15) is 4.79 Å². The predicted octanol–water partition coefficient (Wildman–Crippen LogP) is 5.58. The highest BCUT2D eigenvalue weighted by molar-refractivity contribution is 6.35. The smallest absolute Gasteiger partial charge is 0.224 e. The minimum Gasteiger partial charge on any atom is -0.324 e. The molecular weight excluding hydrogens is 320 g/mol. The van der Waals surface area contributed by atoms with Gasteiger partial charge in [-0.1, -0.05) is 37.3 Å². The lowest BCUT2D eigenvalue weighted by atomic mass is 9.60. The molecule has 0 aliphatic heterocycles. The van der Waals surface area contributed by atoms with Crippen molar-refractivity contribution in [2.24, 2.45) is 11.3 Å². The van der Waals surface area contributed by atoms with Crippen LogP contribution in [0.1, 0.15) is 51.4 Å². The van der Waals surface area contributed by atoms with Crippen molar-refractivity contribution in [3.8, 4) is 0 Å². The quantitative estimate of drug-likeness (QED) is 0.791. The van der Waals surface area contributed by atoms with Gasteiger partial charge in [-0.05, 0) is 54.9 Å². The van der Waals surface area contributed by atoms with Crippen LogP contribution < -0.4 is 5.32 Å². The molecule has 2 aliphatic carbocycles. The summed E-state index contributed by atoms with van der Waals surface area (Å²) in [5.41, 5.74) is 1.78. The average Bonchev–Trinajstić information content (AvgIpc) is 2.57. The molecule has 2 aromatic rings. The lowest BCUT2D eigenvalue weighted by molar-refractivity contribution is -0.120. The van der Waals surface area contributed by atoms with Gasteiger partial charge in [0.05, 0.1) is 16.2 Å². The predicted molar refractivity (Wildman–Crippen MR) is 98.2 cm³/mol. The zero-order valence-corrected chi connectivity index (χ0v) is 14.6. The Balaban J connectivity index is 1.55. The van der Waals surface area contributed by atoms with Crippen LogP contribution in [0, 0.1) is 11.3 Å². The van der Waals surface area contributed by atoms with Gasteiger partial charge in [0.25, 0.3) is 0 Å². The lowest BCUT2D eigenvalue weighted by Gasteiger charge is -2.45. The minimum absolute atomic E-state index is 0.0933. The van der Waals surface area contributed by atoms with E-state index in [0.717, 1.165) is 16.8 Å². The molecule has 0 spiro atoms. The number of benzene rings is 1. The first kappa shape index (κ1) is 15.9. The molecule has 2 bridgehead atoms. The Kier molecular flexibility index (Phi) is 4.21. The number of nitrogens with one attached hydrogen (secondary N) is 1. The van der Waals surface area contributed by atoms with Crippen LogP contribution in [-0.2, 0) is 4.79 Å². The maximum atomic E-state index is 12.8. The first-order chi connectivity index (χ1) is 11.7. The van der Waals surface area contributed by atoms with Gasteiger partial charge in [-0.3, -0.25) is 9.78 Å². The van der Waals surface area contributed by atoms with Crippen molar-refractivity contribution in [3.63, 3.8) is 0 Å². The number of rotatable bonds is 3. The zero-order chi connectivity index (χ0) is 16.6. The van der Waals surface area contributed by atoms with Gasteiger partial charge >= 0.3 is 0 Å². The molecule has 24 heavy (non-hydrogen) atoms. The topological polar surface area (TPSA) is 42.0 Å². The molecular formula is C20H23ClN2O. The third kappa shape index (κ3) is 3.02. The highest BCUT2D eigenvalue weighted by Crippen LogP contribution is 2.51. The van der Waals surface area contributed by atoms with Gasteiger partial charge in [-0.15, -0.1) is 0 Å². The van der Waals surface area contributed by atoms with E-state index in [-0.39, 0.29) is 11.3 Å². The standard InChI is InChI=1S/C20H23ClN2O/c21-16-7-8-17-15(6-3-11-22-17)19(16)23-18(24)13-20-9-1-4-14(12-20)5-2-10-20/h3,6-8,11,14H,1-2,4-5,9-10,12-13H2,(H,23,24). The van der Waals surface area contributed by atoms with Crippen molar-refractivity contribution in [1.29, 1.82) is 0 Å². The number of aromatic nitrogens is 1. The number of carbonyl (C=O) groups is 1. The second kappa shape index (κ2) is 6.36. The summed E-state index contributed by atoms with van der Waals surface area (Å²) < 4.78 is 0. The minimum atomic E-state index is 0.0933. The third-order valence-electron chi connectivity index (χ3n) is 5.89. The summed E-state index contributed by atoms with van der Waals surface area (Å²) in [4.78, 5) is 17.1. The summed E-state index contributed by atoms with van der Waals surface area (Å²) in [5, 5.41) is 4.57. The summed E-state index contributed by atoms with van der Waals surface area (Å²) >= 11 is 6.35. The largest absolute Gasteiger partial charge is 0.324 e. The first-order valence-electron chi connectivity index (χ1n) is 8.98. The fourth-order valence-electron chi connectivity index (χ4n) is 4.85. The number of nitrogens with zero attached hydrogens (tertiary/aromatic N) is 1. The molecule has 1 amide bonds. The van der Waals surface area contributed by atoms with Gasteiger partial charge in [0.2, 0.25) is 5.91 Å². The van der Waals surface area contributed by atoms with E-state index in [0.29, 0.717) is 17.1 Å². The Bertz CT molecular complexity index is 763. The molecule has 1 heterocycles. The second-order valence-corrected chi connectivity index (χ2v) is 7.98. The normalized spacial score (nSPS) is 26.3. The summed E-state index contributed by atoms with van der Waals surface area (Å²) in [5.74, 6) is 0.932. The number of halogens is 1. The molecule has 0 atom stereocenters. The maximum Gasteiger partial charge on any atom is 0.224 e. The third-order valence-corrected chi connectivity index (χ3v) is 6.21. The van der Waals surface area contributed by atoms with E-state index in [2.05, 4.69) is 10.3 Å². The van der Waals surface area contributed by atoms with Gasteiger partial charge in [0.1, 0.15) is 0 Å². The van der Waals surface area contributed by atoms with Crippen LogP contribution in [0.5, 0.6) is 0 Å². The van der Waals surface area contributed by atoms with E-state index in [1.807, 2.05) is 24.3 Å². The van der Waals surface area contributed by atoms with Crippen molar-refractivity contribution < 1.29 is 4.79 Å². The van der Waals surface area contributed by atoms with E-state index < -0.39 is 0 Å². The first-order valence-corrected chi connectivity index (χ1v) is 9.36. The molecule has 2 saturated carbocycles. The van der Waals surface area contributed by atoms with E-state index in [4.69, 9.17) is 11.6 Å². The molecule has 4 heteroatoms. The molecule has 4 rings (SSSR count). The molecule has 1 aromatic heterocycles. The summed E-state index contributed by atoms with van der Waals surface area (Å²) in [6.07, 6.45) is 11.2. The SMILES string of the molecule is O=C(CC12CCCC(CCC1)C2)Nc1c(Cl)ccc2ncccc12. The monoisotopic (exact) mass is 342 g/mol. The van der Waals surface area contributed by atoms with Crippen LogP contribution in [-0.4, -0.2) is 10.9 Å². The Hall–Kier alpha value is -1.61. The molecule has 3 nitrogen and oxygen atoms in total. The number of hydrogen-bond acceptors (Lipinski definition) is 2. The van der Waals surface area contributed by atoms with E-state index in [1.54, 1.807) is 6.20 Å². The summed E-state index contributed by atoms with van der Waals surface area (Å²) in [6, 6.07) is 7.53. The van der Waals surface area contributed by atoms with Crippen LogP contribution in [0.25, 0.3) is 10.9 Å². The van der Waals surface area contributed by atoms with Crippen LogP contribution in [0.2, 0.25) is 5.02 Å². The van der Waals surface area contributed by atoms with E-state index >= 15 is 0 Å². The van der Waals surface area contributed by atoms with Crippen molar-refractivity contribution in [2.45, 2.75) is 51.4 Å². The van der Waals surface area contributed by atoms with Gasteiger partial charge in [0.15, 0.2) is 0 Å². The number of hydrogen-bond donors (Lipinski definition) is 1. The number of carbonyl (C=O) groups excluding carboxylic acids is 1. The van der Waals surface area contributed by atoms with Gasteiger partial charge in [0, 0.05) is 18.0 Å². The molecule has 2 fully saturated rings. The highest BCUT2D eigenvalue weighted by atomic mass is 35.5. The molecule has 1 N–H and O–H groups in total. The molecule has 0 saturated heterocycles. The van der Waals surface area contributed by atoms with E-state index in [1.165, 1.54) is 44.9 Å². The fraction of sp³-hybridized carbons (Fsp3) is 0.500. The van der Waals surface area contributed by atoms with Crippen molar-refractivity contribution in [3.05, 3.63) is 35.5 Å².